The molecule has 0 saturated carbocycles. The fourth-order valence-corrected chi connectivity index (χ4v) is 4.04. The van der Waals surface area contributed by atoms with Crippen molar-refractivity contribution in [1.29, 1.82) is 0 Å². The highest BCUT2D eigenvalue weighted by molar-refractivity contribution is 7.99. The summed E-state index contributed by atoms with van der Waals surface area (Å²) in [4.78, 5) is 14.7. The summed E-state index contributed by atoms with van der Waals surface area (Å²) in [5, 5.41) is 9.49. The number of aromatic nitrogens is 3. The number of carbonyl (C=O) groups is 1. The summed E-state index contributed by atoms with van der Waals surface area (Å²) in [6.45, 7) is 9.10. The summed E-state index contributed by atoms with van der Waals surface area (Å²) in [6, 6.07) is 17.8. The maximum absolute atomic E-state index is 12.4. The van der Waals surface area contributed by atoms with Gasteiger partial charge >= 0.3 is 0 Å². The van der Waals surface area contributed by atoms with Crippen molar-refractivity contribution in [3.05, 3.63) is 60.2 Å². The van der Waals surface area contributed by atoms with Gasteiger partial charge in [-0.1, -0.05) is 42.1 Å². The fraction of sp³-hybridized carbons (Fsp3) is 0.318. The second-order valence-corrected chi connectivity index (χ2v) is 7.29. The number of benzene rings is 2. The van der Waals surface area contributed by atoms with E-state index < -0.39 is 0 Å². The van der Waals surface area contributed by atoms with Crippen LogP contribution in [0.4, 0.5) is 5.69 Å². The van der Waals surface area contributed by atoms with Crippen LogP contribution in [-0.2, 0) is 6.54 Å². The number of ketones is 1. The summed E-state index contributed by atoms with van der Waals surface area (Å²) in [6.07, 6.45) is 0. The second-order valence-electron chi connectivity index (χ2n) is 6.35. The lowest BCUT2D eigenvalue weighted by atomic mass is 10.2. The van der Waals surface area contributed by atoms with Crippen LogP contribution in [-0.4, -0.2) is 39.4 Å². The summed E-state index contributed by atoms with van der Waals surface area (Å²) >= 11 is 1.44. The van der Waals surface area contributed by atoms with Gasteiger partial charge in [0.05, 0.1) is 5.75 Å². The second kappa shape index (κ2) is 9.55. The summed E-state index contributed by atoms with van der Waals surface area (Å²) in [5.41, 5.74) is 2.97. The quantitative estimate of drug-likeness (QED) is 0.386. The molecule has 0 aliphatic rings. The van der Waals surface area contributed by atoms with Crippen molar-refractivity contribution in [2.45, 2.75) is 32.5 Å². The molecular weight excluding hydrogens is 368 g/mol. The van der Waals surface area contributed by atoms with Crippen LogP contribution in [0.15, 0.2) is 59.8 Å². The Morgan fingerprint density at radius 3 is 2.25 bits per heavy atom. The average Bonchev–Trinajstić information content (AvgIpc) is 3.17. The molecule has 3 aromatic rings. The minimum Gasteiger partial charge on any atom is -0.372 e. The molecule has 0 spiro atoms. The van der Waals surface area contributed by atoms with Crippen molar-refractivity contribution in [2.75, 3.05) is 23.7 Å². The first kappa shape index (κ1) is 20.1. The van der Waals surface area contributed by atoms with Crippen molar-refractivity contribution in [1.82, 2.24) is 14.8 Å². The molecule has 0 amide bonds. The molecule has 1 heterocycles. The van der Waals surface area contributed by atoms with Crippen LogP contribution < -0.4 is 4.90 Å². The van der Waals surface area contributed by atoms with E-state index in [0.717, 1.165) is 41.7 Å². The van der Waals surface area contributed by atoms with E-state index in [0.29, 0.717) is 5.75 Å². The monoisotopic (exact) mass is 394 g/mol. The minimum atomic E-state index is 0.0985. The van der Waals surface area contributed by atoms with Crippen molar-refractivity contribution in [3.63, 3.8) is 0 Å². The number of Topliss-reactive ketones (excluding diaryl/α,β-unsaturated/α-hetero) is 1. The van der Waals surface area contributed by atoms with Crippen LogP contribution in [0.3, 0.4) is 0 Å². The average molecular weight is 395 g/mol. The Labute approximate surface area is 170 Å². The highest BCUT2D eigenvalue weighted by Crippen LogP contribution is 2.26. The molecule has 0 radical (unpaired) electrons. The van der Waals surface area contributed by atoms with Gasteiger partial charge in [0, 0.05) is 36.4 Å². The Morgan fingerprint density at radius 1 is 0.964 bits per heavy atom. The molecule has 0 saturated heterocycles. The molecule has 5 nitrogen and oxygen atoms in total. The van der Waals surface area contributed by atoms with Crippen LogP contribution >= 0.6 is 11.8 Å². The van der Waals surface area contributed by atoms with E-state index in [1.54, 1.807) is 0 Å². The molecule has 0 aliphatic carbocycles. The number of anilines is 1. The fourth-order valence-electron chi connectivity index (χ4n) is 3.14. The zero-order chi connectivity index (χ0) is 19.9. The van der Waals surface area contributed by atoms with Crippen LogP contribution in [0.25, 0.3) is 11.4 Å². The molecule has 6 heteroatoms. The first-order valence-electron chi connectivity index (χ1n) is 9.67. The molecule has 2 aromatic carbocycles. The lowest BCUT2D eigenvalue weighted by Gasteiger charge is -2.21. The lowest BCUT2D eigenvalue weighted by molar-refractivity contribution is 0.102. The summed E-state index contributed by atoms with van der Waals surface area (Å²) in [5.74, 6) is 1.29. The molecule has 3 rings (SSSR count). The molecule has 146 valence electrons. The van der Waals surface area contributed by atoms with Gasteiger partial charge in [-0.3, -0.25) is 4.79 Å². The molecular formula is C22H26N4OS. The van der Waals surface area contributed by atoms with Gasteiger partial charge in [0.15, 0.2) is 16.8 Å². The molecule has 28 heavy (non-hydrogen) atoms. The van der Waals surface area contributed by atoms with E-state index in [-0.39, 0.29) is 5.78 Å². The third-order valence-corrected chi connectivity index (χ3v) is 5.68. The molecule has 0 fully saturated rings. The van der Waals surface area contributed by atoms with Crippen LogP contribution in [0.1, 0.15) is 31.1 Å². The van der Waals surface area contributed by atoms with Crippen molar-refractivity contribution >= 4 is 23.2 Å². The zero-order valence-electron chi connectivity index (χ0n) is 16.6. The summed E-state index contributed by atoms with van der Waals surface area (Å²) in [7, 11) is 0. The van der Waals surface area contributed by atoms with E-state index in [9.17, 15) is 4.79 Å². The SMILES string of the molecule is CCN(CC)c1ccc(-c2nnc(SCC(=O)c3ccccc3)n2CC)cc1. The molecule has 0 atom stereocenters. The number of carbonyl (C=O) groups excluding carboxylic acids is 1. The van der Waals surface area contributed by atoms with Crippen molar-refractivity contribution in [2.24, 2.45) is 0 Å². The van der Waals surface area contributed by atoms with Crippen LogP contribution in [0.2, 0.25) is 0 Å². The number of thioether (sulfide) groups is 1. The van der Waals surface area contributed by atoms with Gasteiger partial charge in [0.25, 0.3) is 0 Å². The third-order valence-electron chi connectivity index (χ3n) is 4.72. The highest BCUT2D eigenvalue weighted by atomic mass is 32.2. The standard InChI is InChI=1S/C22H26N4OS/c1-4-25(5-2)19-14-12-18(13-15-19)21-23-24-22(26(21)6-3)28-16-20(27)17-10-8-7-9-11-17/h7-15H,4-6,16H2,1-3H3. The van der Waals surface area contributed by atoms with Crippen LogP contribution in [0, 0.1) is 0 Å². The van der Waals surface area contributed by atoms with Gasteiger partial charge in [0.1, 0.15) is 0 Å². The summed E-state index contributed by atoms with van der Waals surface area (Å²) < 4.78 is 2.06. The van der Waals surface area contributed by atoms with E-state index in [4.69, 9.17) is 0 Å². The third kappa shape index (κ3) is 4.44. The van der Waals surface area contributed by atoms with Gasteiger partial charge in [-0.25, -0.2) is 0 Å². The first-order chi connectivity index (χ1) is 13.7. The maximum atomic E-state index is 12.4. The van der Waals surface area contributed by atoms with Gasteiger partial charge in [-0.05, 0) is 45.0 Å². The normalized spacial score (nSPS) is 10.8. The first-order valence-corrected chi connectivity index (χ1v) is 10.7. The molecule has 0 bridgehead atoms. The number of hydrogen-bond donors (Lipinski definition) is 0. The van der Waals surface area contributed by atoms with Crippen molar-refractivity contribution in [3.8, 4) is 11.4 Å². The van der Waals surface area contributed by atoms with Gasteiger partial charge in [0.2, 0.25) is 0 Å². The van der Waals surface area contributed by atoms with Gasteiger partial charge in [-0.15, -0.1) is 10.2 Å². The number of hydrogen-bond acceptors (Lipinski definition) is 5. The van der Waals surface area contributed by atoms with Crippen LogP contribution in [0.5, 0.6) is 0 Å². The Bertz CT molecular complexity index is 902. The molecule has 0 N–H and O–H groups in total. The van der Waals surface area contributed by atoms with E-state index >= 15 is 0 Å². The minimum absolute atomic E-state index is 0.0985. The Hall–Kier alpha value is -2.60. The van der Waals surface area contributed by atoms with E-state index in [1.165, 1.54) is 17.4 Å². The molecule has 0 unspecified atom stereocenters. The van der Waals surface area contributed by atoms with Gasteiger partial charge in [-0.2, -0.15) is 0 Å². The molecule has 0 aliphatic heterocycles. The zero-order valence-corrected chi connectivity index (χ0v) is 17.4. The van der Waals surface area contributed by atoms with Gasteiger partial charge < -0.3 is 9.47 Å². The molecule has 1 aromatic heterocycles. The largest absolute Gasteiger partial charge is 0.372 e. The predicted molar refractivity (Wildman–Crippen MR) is 116 cm³/mol. The van der Waals surface area contributed by atoms with Crippen molar-refractivity contribution < 1.29 is 4.79 Å². The van der Waals surface area contributed by atoms with E-state index in [2.05, 4.69) is 64.7 Å². The topological polar surface area (TPSA) is 51.0 Å². The number of rotatable bonds is 9. The van der Waals surface area contributed by atoms with E-state index in [1.807, 2.05) is 30.3 Å². The Kier molecular flexibility index (Phi) is 6.87. The maximum Gasteiger partial charge on any atom is 0.191 e. The Morgan fingerprint density at radius 2 is 1.64 bits per heavy atom. The smallest absolute Gasteiger partial charge is 0.191 e. The Balaban J connectivity index is 1.75. The number of nitrogens with zero attached hydrogens (tertiary/aromatic N) is 4. The predicted octanol–water partition coefficient (Wildman–Crippen LogP) is 4.79. The lowest BCUT2D eigenvalue weighted by Crippen LogP contribution is -2.21. The highest BCUT2D eigenvalue weighted by Gasteiger charge is 2.15.